The molecule has 0 aliphatic rings. The minimum Gasteiger partial charge on any atom is -0.467 e. The molecule has 1 aromatic carbocycles. The lowest BCUT2D eigenvalue weighted by atomic mass is 10.0. The van der Waals surface area contributed by atoms with Crippen molar-refractivity contribution in [3.05, 3.63) is 71.7 Å². The van der Waals surface area contributed by atoms with Crippen LogP contribution in [0, 0.1) is 5.82 Å². The van der Waals surface area contributed by atoms with Crippen molar-refractivity contribution in [3.8, 4) is 5.69 Å². The van der Waals surface area contributed by atoms with Gasteiger partial charge in [-0.3, -0.25) is 4.79 Å². The molecule has 0 saturated carbocycles. The fourth-order valence-electron chi connectivity index (χ4n) is 2.55. The molecule has 0 aliphatic carbocycles. The summed E-state index contributed by atoms with van der Waals surface area (Å²) in [6.07, 6.45) is 3.10. The van der Waals surface area contributed by atoms with E-state index in [1.165, 1.54) is 18.3 Å². The van der Waals surface area contributed by atoms with Crippen LogP contribution in [0.4, 0.5) is 4.39 Å². The molecule has 0 spiro atoms. The summed E-state index contributed by atoms with van der Waals surface area (Å²) in [5.41, 5.74) is 1.99. The number of benzene rings is 1. The zero-order valence-corrected chi connectivity index (χ0v) is 13.5. The lowest BCUT2D eigenvalue weighted by Crippen LogP contribution is -2.24. The van der Waals surface area contributed by atoms with Crippen LogP contribution in [0.5, 0.6) is 0 Å². The number of amides is 1. The number of hydrogen-bond donors (Lipinski definition) is 1. The van der Waals surface area contributed by atoms with Crippen LogP contribution in [-0.2, 0) is 6.54 Å². The van der Waals surface area contributed by atoms with Crippen LogP contribution in [0.2, 0.25) is 0 Å². The van der Waals surface area contributed by atoms with Crippen molar-refractivity contribution in [1.82, 2.24) is 15.1 Å². The van der Waals surface area contributed by atoms with Crippen LogP contribution in [0.25, 0.3) is 5.69 Å². The molecule has 3 aromatic rings. The smallest absolute Gasteiger partial charge is 0.255 e. The fourth-order valence-corrected chi connectivity index (χ4v) is 2.55. The third-order valence-electron chi connectivity index (χ3n) is 3.67. The molecule has 2 heterocycles. The Labute approximate surface area is 139 Å². The number of nitrogens with one attached hydrogen (secondary N) is 1. The number of carbonyl (C=O) groups is 1. The molecule has 0 unspecified atom stereocenters. The second-order valence-electron chi connectivity index (χ2n) is 5.75. The van der Waals surface area contributed by atoms with Gasteiger partial charge in [0.05, 0.1) is 35.9 Å². The van der Waals surface area contributed by atoms with Crippen LogP contribution in [-0.4, -0.2) is 15.7 Å². The highest BCUT2D eigenvalue weighted by Gasteiger charge is 2.21. The number of hydrogen-bond acceptors (Lipinski definition) is 3. The predicted octanol–water partition coefficient (Wildman–Crippen LogP) is 3.66. The Morgan fingerprint density at radius 2 is 2.04 bits per heavy atom. The van der Waals surface area contributed by atoms with E-state index in [4.69, 9.17) is 4.42 Å². The second kappa shape index (κ2) is 6.70. The molecule has 24 heavy (non-hydrogen) atoms. The largest absolute Gasteiger partial charge is 0.467 e. The molecule has 1 N–H and O–H groups in total. The molecule has 5 nitrogen and oxygen atoms in total. The number of rotatable bonds is 5. The molecule has 1 amide bonds. The fraction of sp³-hybridized carbons (Fsp3) is 0.222. The number of nitrogens with zero attached hydrogens (tertiary/aromatic N) is 2. The summed E-state index contributed by atoms with van der Waals surface area (Å²) in [6, 6.07) is 9.59. The maximum Gasteiger partial charge on any atom is 0.255 e. The number of furan rings is 1. The Kier molecular flexibility index (Phi) is 4.46. The summed E-state index contributed by atoms with van der Waals surface area (Å²) < 4.78 is 20.0. The van der Waals surface area contributed by atoms with E-state index in [0.29, 0.717) is 23.6 Å². The van der Waals surface area contributed by atoms with Gasteiger partial charge in [0.2, 0.25) is 0 Å². The normalized spacial score (nSPS) is 11.0. The van der Waals surface area contributed by atoms with E-state index in [9.17, 15) is 9.18 Å². The van der Waals surface area contributed by atoms with Gasteiger partial charge in [0, 0.05) is 0 Å². The summed E-state index contributed by atoms with van der Waals surface area (Å²) in [4.78, 5) is 12.5. The summed E-state index contributed by atoms with van der Waals surface area (Å²) in [5, 5.41) is 7.14. The molecule has 0 aliphatic heterocycles. The molecule has 0 atom stereocenters. The summed E-state index contributed by atoms with van der Waals surface area (Å²) in [5.74, 6) is 0.221. The minimum absolute atomic E-state index is 0.0712. The number of halogens is 1. The van der Waals surface area contributed by atoms with Gasteiger partial charge in [-0.25, -0.2) is 9.07 Å². The lowest BCUT2D eigenvalue weighted by molar-refractivity contribution is 0.0946. The van der Waals surface area contributed by atoms with Gasteiger partial charge in [-0.2, -0.15) is 5.10 Å². The van der Waals surface area contributed by atoms with E-state index >= 15 is 0 Å². The van der Waals surface area contributed by atoms with Gasteiger partial charge in [0.15, 0.2) is 0 Å². The Balaban J connectivity index is 1.88. The topological polar surface area (TPSA) is 60.1 Å². The van der Waals surface area contributed by atoms with Crippen molar-refractivity contribution in [2.45, 2.75) is 26.3 Å². The highest BCUT2D eigenvalue weighted by molar-refractivity contribution is 5.95. The zero-order chi connectivity index (χ0) is 17.1. The molecule has 2 aromatic heterocycles. The Hall–Kier alpha value is -2.89. The molecule has 0 bridgehead atoms. The maximum absolute atomic E-state index is 13.1. The molecular weight excluding hydrogens is 309 g/mol. The Bertz CT molecular complexity index is 821. The van der Waals surface area contributed by atoms with Crippen LogP contribution in [0.3, 0.4) is 0 Å². The number of carbonyl (C=O) groups excluding carboxylic acids is 1. The van der Waals surface area contributed by atoms with E-state index in [-0.39, 0.29) is 17.6 Å². The van der Waals surface area contributed by atoms with Crippen LogP contribution in [0.1, 0.15) is 41.6 Å². The summed E-state index contributed by atoms with van der Waals surface area (Å²) in [7, 11) is 0. The molecule has 124 valence electrons. The van der Waals surface area contributed by atoms with Crippen molar-refractivity contribution < 1.29 is 13.6 Å². The monoisotopic (exact) mass is 327 g/mol. The van der Waals surface area contributed by atoms with E-state index in [1.807, 2.05) is 13.8 Å². The molecule has 0 radical (unpaired) electrons. The molecule has 3 rings (SSSR count). The van der Waals surface area contributed by atoms with E-state index in [1.54, 1.807) is 35.2 Å². The standard InChI is InChI=1S/C18H18FN3O2/c1-12(2)17-16(18(23)20-10-15-4-3-9-24-15)11-21-22(17)14-7-5-13(19)6-8-14/h3-9,11-12H,10H2,1-2H3,(H,20,23). The van der Waals surface area contributed by atoms with Gasteiger partial charge < -0.3 is 9.73 Å². The first-order valence-corrected chi connectivity index (χ1v) is 7.70. The molecule has 0 saturated heterocycles. The zero-order valence-electron chi connectivity index (χ0n) is 13.5. The molecule has 6 heteroatoms. The highest BCUT2D eigenvalue weighted by Crippen LogP contribution is 2.23. The molecule has 0 fully saturated rings. The first-order valence-electron chi connectivity index (χ1n) is 7.70. The van der Waals surface area contributed by atoms with Gasteiger partial charge >= 0.3 is 0 Å². The number of aromatic nitrogens is 2. The third-order valence-corrected chi connectivity index (χ3v) is 3.67. The van der Waals surface area contributed by atoms with Crippen molar-refractivity contribution in [3.63, 3.8) is 0 Å². The van der Waals surface area contributed by atoms with Crippen molar-refractivity contribution in [2.75, 3.05) is 0 Å². The average molecular weight is 327 g/mol. The lowest BCUT2D eigenvalue weighted by Gasteiger charge is -2.12. The first-order chi connectivity index (χ1) is 11.6. The second-order valence-corrected chi connectivity index (χ2v) is 5.75. The predicted molar refractivity (Wildman–Crippen MR) is 87.5 cm³/mol. The summed E-state index contributed by atoms with van der Waals surface area (Å²) in [6.45, 7) is 4.28. The van der Waals surface area contributed by atoms with E-state index in [2.05, 4.69) is 10.4 Å². The van der Waals surface area contributed by atoms with Crippen LogP contribution < -0.4 is 5.32 Å². The Morgan fingerprint density at radius 3 is 2.67 bits per heavy atom. The van der Waals surface area contributed by atoms with Gasteiger partial charge in [0.25, 0.3) is 5.91 Å². The van der Waals surface area contributed by atoms with Gasteiger partial charge in [0.1, 0.15) is 11.6 Å². The maximum atomic E-state index is 13.1. The third kappa shape index (κ3) is 3.22. The average Bonchev–Trinajstić information content (AvgIpc) is 3.22. The summed E-state index contributed by atoms with van der Waals surface area (Å²) >= 11 is 0. The Morgan fingerprint density at radius 1 is 1.29 bits per heavy atom. The molecular formula is C18H18FN3O2. The van der Waals surface area contributed by atoms with Gasteiger partial charge in [-0.1, -0.05) is 13.8 Å². The van der Waals surface area contributed by atoms with Crippen LogP contribution in [0.15, 0.2) is 53.3 Å². The van der Waals surface area contributed by atoms with E-state index < -0.39 is 0 Å². The highest BCUT2D eigenvalue weighted by atomic mass is 19.1. The van der Waals surface area contributed by atoms with Crippen molar-refractivity contribution in [1.29, 1.82) is 0 Å². The minimum atomic E-state index is -0.312. The van der Waals surface area contributed by atoms with E-state index in [0.717, 1.165) is 5.69 Å². The first kappa shape index (κ1) is 16.0. The quantitative estimate of drug-likeness (QED) is 0.778. The van der Waals surface area contributed by atoms with Crippen molar-refractivity contribution in [2.24, 2.45) is 0 Å². The van der Waals surface area contributed by atoms with Gasteiger partial charge in [-0.15, -0.1) is 0 Å². The SMILES string of the molecule is CC(C)c1c(C(=O)NCc2ccco2)cnn1-c1ccc(F)cc1. The van der Waals surface area contributed by atoms with Crippen molar-refractivity contribution >= 4 is 5.91 Å². The van der Waals surface area contributed by atoms with Crippen LogP contribution >= 0.6 is 0 Å². The van der Waals surface area contributed by atoms with Gasteiger partial charge in [-0.05, 0) is 42.3 Å².